The molecule has 0 aromatic rings. The maximum atomic E-state index is 9.01. The molecule has 0 bridgehead atoms. The number of hydrogen-bond acceptors (Lipinski definition) is 3. The Labute approximate surface area is 68.2 Å². The summed E-state index contributed by atoms with van der Waals surface area (Å²) in [6.45, 7) is 5.45. The van der Waals surface area contributed by atoms with E-state index in [0.29, 0.717) is 12.1 Å². The Kier molecular flexibility index (Phi) is 2.87. The molecular weight excluding hydrogens is 140 g/mol. The van der Waals surface area contributed by atoms with E-state index in [1.165, 1.54) is 0 Å². The summed E-state index contributed by atoms with van der Waals surface area (Å²) in [6.07, 6.45) is 0.939. The van der Waals surface area contributed by atoms with Crippen LogP contribution in [0.15, 0.2) is 0 Å². The van der Waals surface area contributed by atoms with E-state index >= 15 is 0 Å². The molecule has 1 saturated heterocycles. The van der Waals surface area contributed by atoms with E-state index in [9.17, 15) is 0 Å². The van der Waals surface area contributed by atoms with Crippen LogP contribution in [0.25, 0.3) is 0 Å². The van der Waals surface area contributed by atoms with Gasteiger partial charge in [0, 0.05) is 24.7 Å². The minimum atomic E-state index is 0.242. The molecule has 1 heterocycles. The first-order valence-corrected chi connectivity index (χ1v) is 4.27. The monoisotopic (exact) mass is 158 g/mol. The van der Waals surface area contributed by atoms with Gasteiger partial charge >= 0.3 is 0 Å². The van der Waals surface area contributed by atoms with Crippen LogP contribution in [0.3, 0.4) is 0 Å². The second-order valence-electron chi connectivity index (χ2n) is 3.62. The molecule has 0 aromatic heterocycles. The molecule has 0 unspecified atom stereocenters. The SMILES string of the molecule is CC(C)N1C[C@@H](N)C[C@H]1CO. The number of aliphatic hydroxyl groups excluding tert-OH is 1. The molecule has 0 saturated carbocycles. The van der Waals surface area contributed by atoms with Gasteiger partial charge in [0.1, 0.15) is 0 Å². The van der Waals surface area contributed by atoms with Gasteiger partial charge in [-0.05, 0) is 20.3 Å². The van der Waals surface area contributed by atoms with Gasteiger partial charge in [0.25, 0.3) is 0 Å². The number of nitrogens with two attached hydrogens (primary N) is 1. The molecule has 0 aliphatic carbocycles. The molecule has 0 amide bonds. The van der Waals surface area contributed by atoms with Crippen LogP contribution < -0.4 is 5.73 Å². The Morgan fingerprint density at radius 1 is 1.64 bits per heavy atom. The Hall–Kier alpha value is -0.120. The average molecular weight is 158 g/mol. The molecule has 2 atom stereocenters. The van der Waals surface area contributed by atoms with Crippen LogP contribution in [0.2, 0.25) is 0 Å². The lowest BCUT2D eigenvalue weighted by Crippen LogP contribution is -2.38. The summed E-state index contributed by atoms with van der Waals surface area (Å²) < 4.78 is 0. The van der Waals surface area contributed by atoms with E-state index in [2.05, 4.69) is 18.7 Å². The van der Waals surface area contributed by atoms with Crippen molar-refractivity contribution in [1.82, 2.24) is 4.90 Å². The molecule has 66 valence electrons. The van der Waals surface area contributed by atoms with Crippen molar-refractivity contribution in [3.8, 4) is 0 Å². The first kappa shape index (κ1) is 8.97. The lowest BCUT2D eigenvalue weighted by molar-refractivity contribution is 0.132. The van der Waals surface area contributed by atoms with Crippen molar-refractivity contribution < 1.29 is 5.11 Å². The van der Waals surface area contributed by atoms with Crippen LogP contribution in [0.5, 0.6) is 0 Å². The minimum absolute atomic E-state index is 0.242. The predicted octanol–water partition coefficient (Wildman–Crippen LogP) is -0.211. The van der Waals surface area contributed by atoms with Gasteiger partial charge < -0.3 is 10.8 Å². The number of hydrogen-bond donors (Lipinski definition) is 2. The predicted molar refractivity (Wildman–Crippen MR) is 45.3 cm³/mol. The highest BCUT2D eigenvalue weighted by atomic mass is 16.3. The van der Waals surface area contributed by atoms with Gasteiger partial charge in [-0.1, -0.05) is 0 Å². The maximum absolute atomic E-state index is 9.01. The van der Waals surface area contributed by atoms with E-state index in [0.717, 1.165) is 13.0 Å². The van der Waals surface area contributed by atoms with Crippen molar-refractivity contribution in [2.75, 3.05) is 13.2 Å². The zero-order chi connectivity index (χ0) is 8.43. The highest BCUT2D eigenvalue weighted by molar-refractivity contribution is 4.88. The Balaban J connectivity index is 2.50. The number of rotatable bonds is 2. The van der Waals surface area contributed by atoms with Crippen LogP contribution >= 0.6 is 0 Å². The third-order valence-corrected chi connectivity index (χ3v) is 2.36. The summed E-state index contributed by atoms with van der Waals surface area (Å²) in [5, 5.41) is 9.01. The van der Waals surface area contributed by atoms with Crippen LogP contribution in [-0.4, -0.2) is 41.3 Å². The first-order chi connectivity index (χ1) is 5.15. The largest absolute Gasteiger partial charge is 0.395 e. The van der Waals surface area contributed by atoms with Crippen LogP contribution in [0.4, 0.5) is 0 Å². The molecule has 1 aliphatic rings. The highest BCUT2D eigenvalue weighted by Gasteiger charge is 2.30. The van der Waals surface area contributed by atoms with Gasteiger partial charge in [0.05, 0.1) is 6.61 Å². The smallest absolute Gasteiger partial charge is 0.0587 e. The topological polar surface area (TPSA) is 49.5 Å². The Morgan fingerprint density at radius 2 is 2.27 bits per heavy atom. The fourth-order valence-electron chi connectivity index (χ4n) is 1.79. The normalized spacial score (nSPS) is 33.5. The standard InChI is InChI=1S/C8H18N2O/c1-6(2)10-4-7(9)3-8(10)5-11/h6-8,11H,3-5,9H2,1-2H3/t7-,8-/m0/s1. The van der Waals surface area contributed by atoms with Gasteiger partial charge in [0.15, 0.2) is 0 Å². The molecule has 3 N–H and O–H groups in total. The molecule has 1 fully saturated rings. The van der Waals surface area contributed by atoms with E-state index in [1.807, 2.05) is 0 Å². The van der Waals surface area contributed by atoms with Crippen molar-refractivity contribution in [3.63, 3.8) is 0 Å². The third-order valence-electron chi connectivity index (χ3n) is 2.36. The molecule has 0 radical (unpaired) electrons. The van der Waals surface area contributed by atoms with Gasteiger partial charge in [-0.2, -0.15) is 0 Å². The van der Waals surface area contributed by atoms with Crippen LogP contribution in [0, 0.1) is 0 Å². The summed E-state index contributed by atoms with van der Waals surface area (Å²) in [5.41, 5.74) is 5.78. The molecule has 1 rings (SSSR count). The summed E-state index contributed by atoms with van der Waals surface area (Å²) >= 11 is 0. The third kappa shape index (κ3) is 1.92. The quantitative estimate of drug-likeness (QED) is 0.584. The summed E-state index contributed by atoms with van der Waals surface area (Å²) in [4.78, 5) is 2.27. The summed E-state index contributed by atoms with van der Waals surface area (Å²) in [6, 6.07) is 1.06. The van der Waals surface area contributed by atoms with E-state index in [-0.39, 0.29) is 12.6 Å². The molecule has 3 nitrogen and oxygen atoms in total. The van der Waals surface area contributed by atoms with Gasteiger partial charge in [-0.15, -0.1) is 0 Å². The molecule has 0 aromatic carbocycles. The van der Waals surface area contributed by atoms with Gasteiger partial charge in [0.2, 0.25) is 0 Å². The van der Waals surface area contributed by atoms with Crippen molar-refractivity contribution in [2.24, 2.45) is 5.73 Å². The molecule has 1 aliphatic heterocycles. The van der Waals surface area contributed by atoms with Gasteiger partial charge in [-0.25, -0.2) is 0 Å². The second-order valence-corrected chi connectivity index (χ2v) is 3.62. The van der Waals surface area contributed by atoms with Crippen molar-refractivity contribution in [1.29, 1.82) is 0 Å². The molecular formula is C8H18N2O. The zero-order valence-corrected chi connectivity index (χ0v) is 7.33. The molecule has 0 spiro atoms. The fraction of sp³-hybridized carbons (Fsp3) is 1.00. The Bertz CT molecular complexity index is 127. The second kappa shape index (κ2) is 3.52. The van der Waals surface area contributed by atoms with Crippen molar-refractivity contribution in [3.05, 3.63) is 0 Å². The average Bonchev–Trinajstić information content (AvgIpc) is 2.30. The lowest BCUT2D eigenvalue weighted by atomic mass is 10.2. The molecule has 11 heavy (non-hydrogen) atoms. The Morgan fingerprint density at radius 3 is 2.64 bits per heavy atom. The van der Waals surface area contributed by atoms with Crippen molar-refractivity contribution in [2.45, 2.75) is 38.4 Å². The van der Waals surface area contributed by atoms with E-state index in [4.69, 9.17) is 10.8 Å². The lowest BCUT2D eigenvalue weighted by Gasteiger charge is -2.26. The number of likely N-dealkylation sites (tertiary alicyclic amines) is 1. The minimum Gasteiger partial charge on any atom is -0.395 e. The van der Waals surface area contributed by atoms with Crippen LogP contribution in [-0.2, 0) is 0 Å². The van der Waals surface area contributed by atoms with Crippen LogP contribution in [0.1, 0.15) is 20.3 Å². The fourth-order valence-corrected chi connectivity index (χ4v) is 1.79. The zero-order valence-electron chi connectivity index (χ0n) is 7.33. The van der Waals surface area contributed by atoms with Crippen molar-refractivity contribution >= 4 is 0 Å². The first-order valence-electron chi connectivity index (χ1n) is 4.27. The number of aliphatic hydroxyl groups is 1. The molecule has 3 heteroatoms. The highest BCUT2D eigenvalue weighted by Crippen LogP contribution is 2.18. The van der Waals surface area contributed by atoms with E-state index in [1.54, 1.807) is 0 Å². The van der Waals surface area contributed by atoms with E-state index < -0.39 is 0 Å². The van der Waals surface area contributed by atoms with Gasteiger partial charge in [-0.3, -0.25) is 4.90 Å². The summed E-state index contributed by atoms with van der Waals surface area (Å²) in [5.74, 6) is 0. The summed E-state index contributed by atoms with van der Waals surface area (Å²) in [7, 11) is 0. The maximum Gasteiger partial charge on any atom is 0.0587 e. The number of nitrogens with zero attached hydrogens (tertiary/aromatic N) is 1.